The predicted octanol–water partition coefficient (Wildman–Crippen LogP) is 3.38. The van der Waals surface area contributed by atoms with E-state index in [9.17, 15) is 0 Å². The van der Waals surface area contributed by atoms with Crippen molar-refractivity contribution in [2.24, 2.45) is 5.92 Å². The highest BCUT2D eigenvalue weighted by atomic mass is 16.5. The molecule has 0 radical (unpaired) electrons. The van der Waals surface area contributed by atoms with Crippen LogP contribution >= 0.6 is 0 Å². The van der Waals surface area contributed by atoms with Gasteiger partial charge in [0.2, 0.25) is 0 Å². The first kappa shape index (κ1) is 10.0. The second kappa shape index (κ2) is 4.86. The molecule has 0 aromatic rings. The van der Waals surface area contributed by atoms with Gasteiger partial charge in [0.05, 0.1) is 12.2 Å². The quantitative estimate of drug-likeness (QED) is 0.628. The van der Waals surface area contributed by atoms with Gasteiger partial charge in [-0.25, -0.2) is 0 Å². The lowest BCUT2D eigenvalue weighted by Crippen LogP contribution is -2.14. The van der Waals surface area contributed by atoms with Crippen molar-refractivity contribution in [3.8, 4) is 0 Å². The summed E-state index contributed by atoms with van der Waals surface area (Å²) in [5, 5.41) is 0. The van der Waals surface area contributed by atoms with E-state index in [1.807, 2.05) is 0 Å². The molecule has 0 bridgehead atoms. The third-order valence-electron chi connectivity index (χ3n) is 2.90. The van der Waals surface area contributed by atoms with Crippen molar-refractivity contribution in [3.05, 3.63) is 0 Å². The first-order valence-corrected chi connectivity index (χ1v) is 5.43. The SMILES string of the molecule is CCCCC1CC(C)OC1CC. The van der Waals surface area contributed by atoms with E-state index in [2.05, 4.69) is 20.8 Å². The van der Waals surface area contributed by atoms with E-state index < -0.39 is 0 Å². The number of unbranched alkanes of at least 4 members (excludes halogenated alkanes) is 1. The summed E-state index contributed by atoms with van der Waals surface area (Å²) < 4.78 is 5.82. The molecule has 1 aliphatic rings. The number of hydrogen-bond donors (Lipinski definition) is 0. The summed E-state index contributed by atoms with van der Waals surface area (Å²) in [7, 11) is 0. The highest BCUT2D eigenvalue weighted by Crippen LogP contribution is 2.31. The normalized spacial score (nSPS) is 35.8. The Balaban J connectivity index is 2.30. The monoisotopic (exact) mass is 170 g/mol. The van der Waals surface area contributed by atoms with Crippen molar-refractivity contribution in [3.63, 3.8) is 0 Å². The number of ether oxygens (including phenoxy) is 1. The molecule has 1 fully saturated rings. The van der Waals surface area contributed by atoms with Gasteiger partial charge in [0, 0.05) is 0 Å². The van der Waals surface area contributed by atoms with Gasteiger partial charge >= 0.3 is 0 Å². The van der Waals surface area contributed by atoms with Crippen LogP contribution in [0.4, 0.5) is 0 Å². The van der Waals surface area contributed by atoms with Gasteiger partial charge in [0.1, 0.15) is 0 Å². The van der Waals surface area contributed by atoms with Crippen LogP contribution in [-0.4, -0.2) is 12.2 Å². The largest absolute Gasteiger partial charge is 0.375 e. The van der Waals surface area contributed by atoms with Gasteiger partial charge in [-0.05, 0) is 32.1 Å². The van der Waals surface area contributed by atoms with Gasteiger partial charge in [0.15, 0.2) is 0 Å². The summed E-state index contributed by atoms with van der Waals surface area (Å²) in [5.41, 5.74) is 0. The zero-order chi connectivity index (χ0) is 8.97. The summed E-state index contributed by atoms with van der Waals surface area (Å²) in [4.78, 5) is 0. The van der Waals surface area contributed by atoms with Crippen LogP contribution in [0.5, 0.6) is 0 Å². The molecule has 1 nitrogen and oxygen atoms in total. The lowest BCUT2D eigenvalue weighted by atomic mass is 9.92. The third-order valence-corrected chi connectivity index (χ3v) is 2.90. The highest BCUT2D eigenvalue weighted by Gasteiger charge is 2.30. The fourth-order valence-electron chi connectivity index (χ4n) is 2.24. The van der Waals surface area contributed by atoms with Crippen molar-refractivity contribution in [2.45, 2.75) is 65.1 Å². The molecule has 0 amide bonds. The zero-order valence-corrected chi connectivity index (χ0v) is 8.68. The number of rotatable bonds is 4. The van der Waals surface area contributed by atoms with Gasteiger partial charge in [-0.15, -0.1) is 0 Å². The van der Waals surface area contributed by atoms with E-state index in [4.69, 9.17) is 4.74 Å². The fourth-order valence-corrected chi connectivity index (χ4v) is 2.24. The molecule has 0 N–H and O–H groups in total. The molecule has 0 spiro atoms. The first-order chi connectivity index (χ1) is 5.77. The predicted molar refractivity (Wildman–Crippen MR) is 52.3 cm³/mol. The van der Waals surface area contributed by atoms with E-state index in [0.29, 0.717) is 12.2 Å². The summed E-state index contributed by atoms with van der Waals surface area (Å²) in [6, 6.07) is 0. The van der Waals surface area contributed by atoms with Gasteiger partial charge in [-0.3, -0.25) is 0 Å². The molecule has 3 unspecified atom stereocenters. The molecular formula is C11H22O. The molecule has 0 saturated carbocycles. The molecular weight excluding hydrogens is 148 g/mol. The standard InChI is InChI=1S/C11H22O/c1-4-6-7-10-8-9(3)12-11(10)5-2/h9-11H,4-8H2,1-3H3. The molecule has 72 valence electrons. The van der Waals surface area contributed by atoms with Crippen LogP contribution in [0, 0.1) is 5.92 Å². The summed E-state index contributed by atoms with van der Waals surface area (Å²) in [6.07, 6.45) is 7.62. The Morgan fingerprint density at radius 1 is 1.33 bits per heavy atom. The van der Waals surface area contributed by atoms with Gasteiger partial charge in [-0.1, -0.05) is 26.7 Å². The van der Waals surface area contributed by atoms with Crippen molar-refractivity contribution in [1.82, 2.24) is 0 Å². The van der Waals surface area contributed by atoms with Gasteiger partial charge in [-0.2, -0.15) is 0 Å². The Bertz CT molecular complexity index is 122. The third kappa shape index (κ3) is 2.48. The van der Waals surface area contributed by atoms with Crippen molar-refractivity contribution in [2.75, 3.05) is 0 Å². The van der Waals surface area contributed by atoms with Crippen LogP contribution < -0.4 is 0 Å². The topological polar surface area (TPSA) is 9.23 Å². The molecule has 0 aromatic carbocycles. The molecule has 0 aromatic heterocycles. The van der Waals surface area contributed by atoms with E-state index in [1.54, 1.807) is 0 Å². The summed E-state index contributed by atoms with van der Waals surface area (Å²) in [5.74, 6) is 0.852. The maximum Gasteiger partial charge on any atom is 0.0605 e. The molecule has 1 heteroatoms. The minimum Gasteiger partial charge on any atom is -0.375 e. The number of hydrogen-bond acceptors (Lipinski definition) is 1. The van der Waals surface area contributed by atoms with Crippen LogP contribution in [0.1, 0.15) is 52.9 Å². The maximum atomic E-state index is 5.82. The summed E-state index contributed by atoms with van der Waals surface area (Å²) in [6.45, 7) is 6.70. The Kier molecular flexibility index (Phi) is 4.07. The van der Waals surface area contributed by atoms with E-state index >= 15 is 0 Å². The van der Waals surface area contributed by atoms with E-state index in [0.717, 1.165) is 5.92 Å². The second-order valence-corrected chi connectivity index (χ2v) is 4.03. The zero-order valence-electron chi connectivity index (χ0n) is 8.68. The maximum absolute atomic E-state index is 5.82. The fraction of sp³-hybridized carbons (Fsp3) is 1.00. The van der Waals surface area contributed by atoms with Gasteiger partial charge < -0.3 is 4.74 Å². The first-order valence-electron chi connectivity index (χ1n) is 5.43. The Morgan fingerprint density at radius 2 is 2.08 bits per heavy atom. The second-order valence-electron chi connectivity index (χ2n) is 4.03. The van der Waals surface area contributed by atoms with Crippen molar-refractivity contribution in [1.29, 1.82) is 0 Å². The van der Waals surface area contributed by atoms with Crippen LogP contribution in [0.2, 0.25) is 0 Å². The minimum absolute atomic E-state index is 0.511. The van der Waals surface area contributed by atoms with Gasteiger partial charge in [0.25, 0.3) is 0 Å². The van der Waals surface area contributed by atoms with Crippen molar-refractivity contribution >= 4 is 0 Å². The van der Waals surface area contributed by atoms with Crippen molar-refractivity contribution < 1.29 is 4.74 Å². The molecule has 3 atom stereocenters. The Labute approximate surface area is 76.5 Å². The highest BCUT2D eigenvalue weighted by molar-refractivity contribution is 4.79. The van der Waals surface area contributed by atoms with Crippen LogP contribution in [0.25, 0.3) is 0 Å². The lowest BCUT2D eigenvalue weighted by Gasteiger charge is -2.15. The molecule has 1 aliphatic heterocycles. The summed E-state index contributed by atoms with van der Waals surface area (Å²) >= 11 is 0. The molecule has 0 aliphatic carbocycles. The Morgan fingerprint density at radius 3 is 2.67 bits per heavy atom. The van der Waals surface area contributed by atoms with Crippen LogP contribution in [-0.2, 0) is 4.74 Å². The van der Waals surface area contributed by atoms with E-state index in [-0.39, 0.29) is 0 Å². The minimum atomic E-state index is 0.511. The van der Waals surface area contributed by atoms with E-state index in [1.165, 1.54) is 32.1 Å². The molecule has 12 heavy (non-hydrogen) atoms. The molecule has 1 rings (SSSR count). The average molecular weight is 170 g/mol. The molecule has 1 saturated heterocycles. The van der Waals surface area contributed by atoms with Crippen LogP contribution in [0.15, 0.2) is 0 Å². The Hall–Kier alpha value is -0.0400. The lowest BCUT2D eigenvalue weighted by molar-refractivity contribution is 0.0403. The smallest absolute Gasteiger partial charge is 0.0605 e. The van der Waals surface area contributed by atoms with Crippen LogP contribution in [0.3, 0.4) is 0 Å². The average Bonchev–Trinajstić information content (AvgIpc) is 2.42. The molecule has 1 heterocycles.